The third kappa shape index (κ3) is 4.40. The summed E-state index contributed by atoms with van der Waals surface area (Å²) in [7, 11) is 1.62. The molecule has 1 fully saturated rings. The molecule has 1 amide bonds. The highest BCUT2D eigenvalue weighted by Crippen LogP contribution is 2.35. The minimum atomic E-state index is 0.00625. The van der Waals surface area contributed by atoms with E-state index in [1.807, 2.05) is 60.4 Å². The zero-order valence-electron chi connectivity index (χ0n) is 16.7. The molecule has 1 saturated carbocycles. The van der Waals surface area contributed by atoms with Crippen molar-refractivity contribution in [3.8, 4) is 11.5 Å². The fraction of sp³-hybridized carbons (Fsp3) is 0.250. The molecule has 29 heavy (non-hydrogen) atoms. The highest BCUT2D eigenvalue weighted by atomic mass is 16.5. The van der Waals surface area contributed by atoms with Gasteiger partial charge in [0, 0.05) is 29.6 Å². The molecular weight excluding hydrogens is 364 g/mol. The number of pyridine rings is 1. The SMILES string of the molecule is COc1ccnc(COc2cccc(C(=O)N(c3ccccc3C)C3CC3)c2)c1. The van der Waals surface area contributed by atoms with Crippen LogP contribution in [0.3, 0.4) is 0 Å². The van der Waals surface area contributed by atoms with Crippen molar-refractivity contribution in [1.82, 2.24) is 4.98 Å². The van der Waals surface area contributed by atoms with Crippen molar-refractivity contribution in [3.63, 3.8) is 0 Å². The van der Waals surface area contributed by atoms with Crippen LogP contribution in [0.2, 0.25) is 0 Å². The van der Waals surface area contributed by atoms with Crippen molar-refractivity contribution in [1.29, 1.82) is 0 Å². The molecule has 148 valence electrons. The molecule has 1 aromatic heterocycles. The first-order valence-corrected chi connectivity index (χ1v) is 9.76. The molecule has 1 heterocycles. The molecule has 4 rings (SSSR count). The number of benzene rings is 2. The van der Waals surface area contributed by atoms with Gasteiger partial charge in [-0.3, -0.25) is 9.78 Å². The van der Waals surface area contributed by atoms with E-state index < -0.39 is 0 Å². The van der Waals surface area contributed by atoms with E-state index in [-0.39, 0.29) is 11.9 Å². The number of methoxy groups -OCH3 is 1. The summed E-state index contributed by atoms with van der Waals surface area (Å²) in [6.07, 6.45) is 3.77. The summed E-state index contributed by atoms with van der Waals surface area (Å²) in [4.78, 5) is 19.5. The predicted octanol–water partition coefficient (Wildman–Crippen LogP) is 4.79. The van der Waals surface area contributed by atoms with Crippen LogP contribution in [0.15, 0.2) is 66.9 Å². The number of hydrogen-bond donors (Lipinski definition) is 0. The number of para-hydroxylation sites is 1. The maximum absolute atomic E-state index is 13.3. The van der Waals surface area contributed by atoms with Crippen molar-refractivity contribution >= 4 is 11.6 Å². The van der Waals surface area contributed by atoms with Gasteiger partial charge in [0.1, 0.15) is 18.1 Å². The van der Waals surface area contributed by atoms with Crippen LogP contribution in [0, 0.1) is 6.92 Å². The van der Waals surface area contributed by atoms with Gasteiger partial charge in [-0.2, -0.15) is 0 Å². The quantitative estimate of drug-likeness (QED) is 0.584. The van der Waals surface area contributed by atoms with Gasteiger partial charge in [0.2, 0.25) is 0 Å². The number of carbonyl (C=O) groups excluding carboxylic acids is 1. The Morgan fingerprint density at radius 3 is 2.66 bits per heavy atom. The summed E-state index contributed by atoms with van der Waals surface area (Å²) in [5.74, 6) is 1.38. The number of aromatic nitrogens is 1. The molecule has 0 saturated heterocycles. The number of amides is 1. The van der Waals surface area contributed by atoms with Gasteiger partial charge in [0.05, 0.1) is 12.8 Å². The van der Waals surface area contributed by atoms with E-state index in [0.717, 1.165) is 35.5 Å². The Morgan fingerprint density at radius 1 is 1.07 bits per heavy atom. The van der Waals surface area contributed by atoms with Gasteiger partial charge in [-0.25, -0.2) is 0 Å². The Bertz CT molecular complexity index is 1010. The molecule has 0 bridgehead atoms. The third-order valence-corrected chi connectivity index (χ3v) is 5.00. The molecule has 0 atom stereocenters. The Hall–Kier alpha value is -3.34. The van der Waals surface area contributed by atoms with Crippen LogP contribution in [0.5, 0.6) is 11.5 Å². The molecule has 0 unspecified atom stereocenters. The molecular formula is C24H24N2O3. The Labute approximate surface area is 170 Å². The highest BCUT2D eigenvalue weighted by molar-refractivity contribution is 6.07. The first kappa shape index (κ1) is 19.0. The lowest BCUT2D eigenvalue weighted by molar-refractivity contribution is 0.0984. The fourth-order valence-electron chi connectivity index (χ4n) is 3.32. The molecule has 0 aliphatic heterocycles. The predicted molar refractivity (Wildman–Crippen MR) is 113 cm³/mol. The molecule has 3 aromatic rings. The van der Waals surface area contributed by atoms with Crippen LogP contribution < -0.4 is 14.4 Å². The molecule has 0 N–H and O–H groups in total. The van der Waals surface area contributed by atoms with Crippen LogP contribution in [0.4, 0.5) is 5.69 Å². The normalized spacial score (nSPS) is 13.0. The van der Waals surface area contributed by atoms with E-state index in [1.54, 1.807) is 25.4 Å². The Kier molecular flexibility index (Phi) is 5.47. The molecule has 1 aliphatic rings. The number of rotatable bonds is 7. The summed E-state index contributed by atoms with van der Waals surface area (Å²) in [6, 6.07) is 19.3. The minimum absolute atomic E-state index is 0.00625. The van der Waals surface area contributed by atoms with E-state index in [0.29, 0.717) is 17.9 Å². The first-order valence-electron chi connectivity index (χ1n) is 9.76. The van der Waals surface area contributed by atoms with Crippen LogP contribution >= 0.6 is 0 Å². The van der Waals surface area contributed by atoms with E-state index in [1.165, 1.54) is 0 Å². The van der Waals surface area contributed by atoms with Crippen LogP contribution in [0.1, 0.15) is 34.5 Å². The summed E-state index contributed by atoms with van der Waals surface area (Å²) >= 11 is 0. The van der Waals surface area contributed by atoms with E-state index >= 15 is 0 Å². The smallest absolute Gasteiger partial charge is 0.258 e. The number of aryl methyl sites for hydroxylation is 1. The maximum Gasteiger partial charge on any atom is 0.258 e. The zero-order valence-corrected chi connectivity index (χ0v) is 16.7. The second kappa shape index (κ2) is 8.35. The van der Waals surface area contributed by atoms with Crippen molar-refractivity contribution in [3.05, 3.63) is 83.7 Å². The fourth-order valence-corrected chi connectivity index (χ4v) is 3.32. The lowest BCUT2D eigenvalue weighted by atomic mass is 10.1. The number of nitrogens with zero attached hydrogens (tertiary/aromatic N) is 2. The minimum Gasteiger partial charge on any atom is -0.497 e. The van der Waals surface area contributed by atoms with Gasteiger partial charge in [-0.15, -0.1) is 0 Å². The first-order chi connectivity index (χ1) is 14.2. The van der Waals surface area contributed by atoms with Gasteiger partial charge >= 0.3 is 0 Å². The second-order valence-corrected chi connectivity index (χ2v) is 7.20. The number of anilines is 1. The number of hydrogen-bond acceptors (Lipinski definition) is 4. The van der Waals surface area contributed by atoms with Crippen LogP contribution in [-0.2, 0) is 6.61 Å². The molecule has 5 nitrogen and oxygen atoms in total. The van der Waals surface area contributed by atoms with Gasteiger partial charge < -0.3 is 14.4 Å². The summed E-state index contributed by atoms with van der Waals surface area (Å²) in [6.45, 7) is 2.34. The third-order valence-electron chi connectivity index (χ3n) is 5.00. The maximum atomic E-state index is 13.3. The summed E-state index contributed by atoms with van der Waals surface area (Å²) in [5.41, 5.74) is 3.47. The second-order valence-electron chi connectivity index (χ2n) is 7.20. The lowest BCUT2D eigenvalue weighted by Crippen LogP contribution is -2.33. The molecule has 2 aromatic carbocycles. The van der Waals surface area contributed by atoms with Crippen LogP contribution in [0.25, 0.3) is 0 Å². The highest BCUT2D eigenvalue weighted by Gasteiger charge is 2.35. The Morgan fingerprint density at radius 2 is 1.90 bits per heavy atom. The zero-order chi connectivity index (χ0) is 20.2. The molecule has 0 spiro atoms. The number of carbonyl (C=O) groups is 1. The van der Waals surface area contributed by atoms with Crippen molar-refractivity contribution < 1.29 is 14.3 Å². The molecule has 1 aliphatic carbocycles. The van der Waals surface area contributed by atoms with E-state index in [4.69, 9.17) is 9.47 Å². The summed E-state index contributed by atoms with van der Waals surface area (Å²) in [5, 5.41) is 0. The van der Waals surface area contributed by atoms with Gasteiger partial charge in [0.15, 0.2) is 0 Å². The van der Waals surface area contributed by atoms with Crippen LogP contribution in [-0.4, -0.2) is 24.0 Å². The molecule has 0 radical (unpaired) electrons. The largest absolute Gasteiger partial charge is 0.497 e. The monoisotopic (exact) mass is 388 g/mol. The van der Waals surface area contributed by atoms with E-state index in [9.17, 15) is 4.79 Å². The van der Waals surface area contributed by atoms with Crippen molar-refractivity contribution in [2.75, 3.05) is 12.0 Å². The van der Waals surface area contributed by atoms with Gasteiger partial charge in [-0.05, 0) is 55.7 Å². The number of ether oxygens (including phenoxy) is 2. The standard InChI is InChI=1S/C24H24N2O3/c1-17-6-3-4-9-23(17)26(20-10-11-20)24(27)18-7-5-8-22(14-18)29-16-19-15-21(28-2)12-13-25-19/h3-9,12-15,20H,10-11,16H2,1-2H3. The molecule has 5 heteroatoms. The van der Waals surface area contributed by atoms with Gasteiger partial charge in [0.25, 0.3) is 5.91 Å². The lowest BCUT2D eigenvalue weighted by Gasteiger charge is -2.24. The average molecular weight is 388 g/mol. The topological polar surface area (TPSA) is 51.7 Å². The summed E-state index contributed by atoms with van der Waals surface area (Å²) < 4.78 is 11.1. The van der Waals surface area contributed by atoms with E-state index in [2.05, 4.69) is 4.98 Å². The van der Waals surface area contributed by atoms with Gasteiger partial charge in [-0.1, -0.05) is 24.3 Å². The Balaban J connectivity index is 1.52. The average Bonchev–Trinajstić information content (AvgIpc) is 3.59. The van der Waals surface area contributed by atoms with Crippen molar-refractivity contribution in [2.24, 2.45) is 0 Å². The van der Waals surface area contributed by atoms with Crippen molar-refractivity contribution in [2.45, 2.75) is 32.4 Å².